The van der Waals surface area contributed by atoms with E-state index in [1.165, 1.54) is 13.5 Å². The Kier molecular flexibility index (Phi) is 13.7. The molecule has 0 N–H and O–H groups in total. The summed E-state index contributed by atoms with van der Waals surface area (Å²) in [4.78, 5) is 10.9. The summed E-state index contributed by atoms with van der Waals surface area (Å²) in [5.41, 5.74) is 0. The van der Waals surface area contributed by atoms with Gasteiger partial charge in [-0.1, -0.05) is 56.2 Å². The number of ether oxygens (including phenoxy) is 1. The lowest BCUT2D eigenvalue weighted by molar-refractivity contribution is -0.140. The lowest BCUT2D eigenvalue weighted by atomic mass is 10.1. The highest BCUT2D eigenvalue weighted by Gasteiger charge is 1.97. The maximum atomic E-state index is 10.9. The van der Waals surface area contributed by atoms with Crippen molar-refractivity contribution in [2.24, 2.45) is 0 Å². The Labute approximate surface area is 118 Å². The molecule has 0 aliphatic carbocycles. The minimum absolute atomic E-state index is 0.100. The molecular weight excluding hydrogens is 236 g/mol. The number of methoxy groups -OCH3 is 1. The first kappa shape index (κ1) is 17.7. The number of carbonyl (C=O) groups excluding carboxylic acids is 1. The van der Waals surface area contributed by atoms with Gasteiger partial charge in [0.05, 0.1) is 7.11 Å². The molecule has 2 nitrogen and oxygen atoms in total. The predicted molar refractivity (Wildman–Crippen MR) is 82.0 cm³/mol. The third-order valence-corrected chi connectivity index (χ3v) is 2.76. The van der Waals surface area contributed by atoms with Gasteiger partial charge in [-0.05, 0) is 32.1 Å². The lowest BCUT2D eigenvalue weighted by Gasteiger charge is -1.98. The first-order chi connectivity index (χ1) is 9.31. The molecule has 0 spiro atoms. The van der Waals surface area contributed by atoms with Crippen LogP contribution in [-0.2, 0) is 9.53 Å². The average Bonchev–Trinajstić information content (AvgIpc) is 2.43. The molecule has 0 heterocycles. The van der Waals surface area contributed by atoms with Crippen LogP contribution in [0.2, 0.25) is 0 Å². The number of hydrogen-bond acceptors (Lipinski definition) is 2. The summed E-state index contributed by atoms with van der Waals surface area (Å²) in [7, 11) is 1.44. The first-order valence-electron chi connectivity index (χ1n) is 7.34. The van der Waals surface area contributed by atoms with Crippen LogP contribution in [0, 0.1) is 0 Å². The molecule has 0 amide bonds. The van der Waals surface area contributed by atoms with Gasteiger partial charge < -0.3 is 4.74 Å². The molecule has 0 bridgehead atoms. The number of carbonyl (C=O) groups is 1. The minimum atomic E-state index is -0.100. The fraction of sp³-hybridized carbons (Fsp3) is 0.588. The van der Waals surface area contributed by atoms with Gasteiger partial charge in [0.25, 0.3) is 0 Å². The predicted octanol–water partition coefficient (Wildman–Crippen LogP) is 4.97. The first-order valence-corrected chi connectivity index (χ1v) is 7.34. The summed E-state index contributed by atoms with van der Waals surface area (Å²) in [6.07, 6.45) is 21.2. The number of unbranched alkanes of at least 4 members (excludes halogenated alkanes) is 4. The zero-order chi connectivity index (χ0) is 14.2. The zero-order valence-corrected chi connectivity index (χ0v) is 12.4. The lowest BCUT2D eigenvalue weighted by Crippen LogP contribution is -1.98. The van der Waals surface area contributed by atoms with E-state index in [2.05, 4.69) is 48.1 Å². The van der Waals surface area contributed by atoms with Gasteiger partial charge in [-0.2, -0.15) is 0 Å². The molecule has 0 aromatic carbocycles. The quantitative estimate of drug-likeness (QED) is 0.228. The van der Waals surface area contributed by atoms with Crippen molar-refractivity contribution in [3.63, 3.8) is 0 Å². The summed E-state index contributed by atoms with van der Waals surface area (Å²) in [5.74, 6) is -0.100. The summed E-state index contributed by atoms with van der Waals surface area (Å²) in [6.45, 7) is 2.18. The van der Waals surface area contributed by atoms with Crippen LogP contribution in [0.1, 0.15) is 58.3 Å². The van der Waals surface area contributed by atoms with Crippen molar-refractivity contribution in [1.82, 2.24) is 0 Å². The van der Waals surface area contributed by atoms with Crippen molar-refractivity contribution < 1.29 is 9.53 Å². The zero-order valence-electron chi connectivity index (χ0n) is 12.4. The molecule has 2 heteroatoms. The van der Waals surface area contributed by atoms with E-state index in [-0.39, 0.29) is 5.97 Å². The molecule has 0 aliphatic heterocycles. The van der Waals surface area contributed by atoms with E-state index >= 15 is 0 Å². The van der Waals surface area contributed by atoms with Gasteiger partial charge >= 0.3 is 5.97 Å². The van der Waals surface area contributed by atoms with E-state index in [0.717, 1.165) is 38.5 Å². The second-order valence-corrected chi connectivity index (χ2v) is 4.53. The monoisotopic (exact) mass is 264 g/mol. The van der Waals surface area contributed by atoms with Gasteiger partial charge in [0, 0.05) is 6.42 Å². The van der Waals surface area contributed by atoms with E-state index in [1.54, 1.807) is 0 Å². The fourth-order valence-electron chi connectivity index (χ4n) is 1.60. The molecule has 0 saturated carbocycles. The largest absolute Gasteiger partial charge is 0.469 e. The Morgan fingerprint density at radius 2 is 1.74 bits per heavy atom. The topological polar surface area (TPSA) is 26.3 Å². The number of allylic oxidation sites excluding steroid dienone is 6. The van der Waals surface area contributed by atoms with Crippen LogP contribution in [0.15, 0.2) is 36.5 Å². The summed E-state index contributed by atoms with van der Waals surface area (Å²) in [5, 5.41) is 0. The van der Waals surface area contributed by atoms with Gasteiger partial charge in [-0.25, -0.2) is 0 Å². The van der Waals surface area contributed by atoms with E-state index in [1.807, 2.05) is 0 Å². The molecule has 0 radical (unpaired) electrons. The van der Waals surface area contributed by atoms with Crippen molar-refractivity contribution in [2.75, 3.05) is 7.11 Å². The van der Waals surface area contributed by atoms with Gasteiger partial charge in [-0.3, -0.25) is 4.79 Å². The Hall–Kier alpha value is -1.31. The third kappa shape index (κ3) is 14.6. The SMILES string of the molecule is CCCC=CC=CCC=CCCCCCC(=O)OC. The van der Waals surface area contributed by atoms with Crippen LogP contribution in [0.3, 0.4) is 0 Å². The molecule has 0 unspecified atom stereocenters. The van der Waals surface area contributed by atoms with Crippen LogP contribution in [0.4, 0.5) is 0 Å². The van der Waals surface area contributed by atoms with Crippen molar-refractivity contribution >= 4 is 5.97 Å². The van der Waals surface area contributed by atoms with Crippen molar-refractivity contribution in [2.45, 2.75) is 58.3 Å². The number of esters is 1. The van der Waals surface area contributed by atoms with Gasteiger partial charge in [0.15, 0.2) is 0 Å². The van der Waals surface area contributed by atoms with Gasteiger partial charge in [0.2, 0.25) is 0 Å². The smallest absolute Gasteiger partial charge is 0.305 e. The molecule has 0 fully saturated rings. The number of hydrogen-bond donors (Lipinski definition) is 0. The molecular formula is C17H28O2. The van der Waals surface area contributed by atoms with E-state index in [0.29, 0.717) is 6.42 Å². The minimum Gasteiger partial charge on any atom is -0.469 e. The molecule has 0 rings (SSSR count). The van der Waals surface area contributed by atoms with Crippen molar-refractivity contribution in [3.8, 4) is 0 Å². The van der Waals surface area contributed by atoms with E-state index in [9.17, 15) is 4.79 Å². The normalized spacial score (nSPS) is 11.9. The molecule has 0 atom stereocenters. The molecule has 0 aromatic rings. The van der Waals surface area contributed by atoms with E-state index < -0.39 is 0 Å². The van der Waals surface area contributed by atoms with Crippen LogP contribution < -0.4 is 0 Å². The Bertz CT molecular complexity index is 288. The Morgan fingerprint density at radius 1 is 0.947 bits per heavy atom. The molecule has 0 aromatic heterocycles. The highest BCUT2D eigenvalue weighted by Crippen LogP contribution is 2.04. The molecule has 0 aliphatic rings. The number of rotatable bonds is 11. The second-order valence-electron chi connectivity index (χ2n) is 4.53. The highest BCUT2D eigenvalue weighted by molar-refractivity contribution is 5.68. The van der Waals surface area contributed by atoms with Gasteiger partial charge in [0.1, 0.15) is 0 Å². The molecule has 0 saturated heterocycles. The van der Waals surface area contributed by atoms with Crippen molar-refractivity contribution in [3.05, 3.63) is 36.5 Å². The average molecular weight is 264 g/mol. The summed E-state index contributed by atoms with van der Waals surface area (Å²) < 4.78 is 4.59. The van der Waals surface area contributed by atoms with Gasteiger partial charge in [-0.15, -0.1) is 0 Å². The highest BCUT2D eigenvalue weighted by atomic mass is 16.5. The Balaban J connectivity index is 3.32. The van der Waals surface area contributed by atoms with Crippen LogP contribution in [0.25, 0.3) is 0 Å². The molecule has 108 valence electrons. The van der Waals surface area contributed by atoms with E-state index in [4.69, 9.17) is 0 Å². The summed E-state index contributed by atoms with van der Waals surface area (Å²) in [6, 6.07) is 0. The Morgan fingerprint density at radius 3 is 2.47 bits per heavy atom. The maximum Gasteiger partial charge on any atom is 0.305 e. The summed E-state index contributed by atoms with van der Waals surface area (Å²) >= 11 is 0. The van der Waals surface area contributed by atoms with Crippen LogP contribution in [-0.4, -0.2) is 13.1 Å². The standard InChI is InChI=1S/C17H28O2/c1-3-4-5-6-7-8-9-10-11-12-13-14-15-16-17(18)19-2/h5-8,10-11H,3-4,9,12-16H2,1-2H3. The second kappa shape index (κ2) is 14.7. The fourth-order valence-corrected chi connectivity index (χ4v) is 1.60. The van der Waals surface area contributed by atoms with Crippen LogP contribution in [0.5, 0.6) is 0 Å². The van der Waals surface area contributed by atoms with Crippen molar-refractivity contribution in [1.29, 1.82) is 0 Å². The molecule has 19 heavy (non-hydrogen) atoms. The maximum absolute atomic E-state index is 10.9. The third-order valence-electron chi connectivity index (χ3n) is 2.76. The van der Waals surface area contributed by atoms with Crippen LogP contribution >= 0.6 is 0 Å².